The molecule has 21 heavy (non-hydrogen) atoms. The van der Waals surface area contributed by atoms with E-state index in [1.54, 1.807) is 24.3 Å². The highest BCUT2D eigenvalue weighted by molar-refractivity contribution is 9.11. The molecule has 0 bridgehead atoms. The number of benzene rings is 2. The molecule has 0 saturated carbocycles. The first-order chi connectivity index (χ1) is 10.1. The summed E-state index contributed by atoms with van der Waals surface area (Å²) in [6.07, 6.45) is 0. The number of hydrogen-bond donors (Lipinski definition) is 2. The number of nitrogens with one attached hydrogen (secondary N) is 2. The van der Waals surface area contributed by atoms with Crippen molar-refractivity contribution in [1.29, 1.82) is 5.26 Å². The Balaban J connectivity index is 1.91. The van der Waals surface area contributed by atoms with Gasteiger partial charge in [-0.05, 0) is 58.4 Å². The first-order valence-electron chi connectivity index (χ1n) is 6.07. The lowest BCUT2D eigenvalue weighted by Crippen LogP contribution is -2.21. The Morgan fingerprint density at radius 3 is 2.48 bits per heavy atom. The number of anilines is 2. The quantitative estimate of drug-likeness (QED) is 0.799. The first kappa shape index (κ1) is 15.5. The van der Waals surface area contributed by atoms with Gasteiger partial charge >= 0.3 is 0 Å². The van der Waals surface area contributed by atoms with Crippen molar-refractivity contribution in [2.24, 2.45) is 0 Å². The monoisotopic (exact) mass is 407 g/mol. The van der Waals surface area contributed by atoms with E-state index in [4.69, 9.17) is 5.26 Å². The van der Waals surface area contributed by atoms with Crippen molar-refractivity contribution in [1.82, 2.24) is 0 Å². The smallest absolute Gasteiger partial charge is 0.243 e. The van der Waals surface area contributed by atoms with Gasteiger partial charge in [-0.2, -0.15) is 5.26 Å². The van der Waals surface area contributed by atoms with Gasteiger partial charge in [-0.3, -0.25) is 4.79 Å². The van der Waals surface area contributed by atoms with Gasteiger partial charge in [0.15, 0.2) is 0 Å². The van der Waals surface area contributed by atoms with Crippen molar-refractivity contribution < 1.29 is 4.79 Å². The number of carbonyl (C=O) groups excluding carboxylic acids is 1. The number of amides is 1. The molecular formula is C15H11Br2N3O. The van der Waals surface area contributed by atoms with Gasteiger partial charge in [0.05, 0.1) is 18.2 Å². The fourth-order valence-corrected chi connectivity index (χ4v) is 2.83. The van der Waals surface area contributed by atoms with Gasteiger partial charge in [0, 0.05) is 20.3 Å². The van der Waals surface area contributed by atoms with Gasteiger partial charge in [-0.25, -0.2) is 0 Å². The fraction of sp³-hybridized carbons (Fsp3) is 0.0667. The van der Waals surface area contributed by atoms with Gasteiger partial charge in [-0.1, -0.05) is 15.9 Å². The molecule has 0 aliphatic rings. The summed E-state index contributed by atoms with van der Waals surface area (Å²) in [4.78, 5) is 11.9. The number of rotatable bonds is 4. The summed E-state index contributed by atoms with van der Waals surface area (Å²) in [5, 5.41) is 14.5. The largest absolute Gasteiger partial charge is 0.375 e. The van der Waals surface area contributed by atoms with Crippen LogP contribution in [0.25, 0.3) is 0 Å². The molecule has 4 nitrogen and oxygen atoms in total. The van der Waals surface area contributed by atoms with Crippen LogP contribution < -0.4 is 10.6 Å². The lowest BCUT2D eigenvalue weighted by Gasteiger charge is -2.09. The molecule has 0 spiro atoms. The zero-order valence-electron chi connectivity index (χ0n) is 10.9. The summed E-state index contributed by atoms with van der Waals surface area (Å²) in [5.74, 6) is -0.158. The number of hydrogen-bond acceptors (Lipinski definition) is 3. The molecule has 2 rings (SSSR count). The minimum atomic E-state index is -0.158. The Hall–Kier alpha value is -1.84. The van der Waals surface area contributed by atoms with Crippen LogP contribution in [0.1, 0.15) is 5.56 Å². The lowest BCUT2D eigenvalue weighted by atomic mass is 10.2. The van der Waals surface area contributed by atoms with Crippen molar-refractivity contribution >= 4 is 49.1 Å². The van der Waals surface area contributed by atoms with Crippen LogP contribution in [0.2, 0.25) is 0 Å². The van der Waals surface area contributed by atoms with E-state index in [9.17, 15) is 4.79 Å². The highest BCUT2D eigenvalue weighted by Gasteiger charge is 2.05. The molecule has 2 N–H and O–H groups in total. The van der Waals surface area contributed by atoms with E-state index in [-0.39, 0.29) is 12.5 Å². The predicted molar refractivity (Wildman–Crippen MR) is 90.1 cm³/mol. The van der Waals surface area contributed by atoms with Crippen molar-refractivity contribution in [2.45, 2.75) is 0 Å². The van der Waals surface area contributed by atoms with Gasteiger partial charge in [0.25, 0.3) is 0 Å². The summed E-state index contributed by atoms with van der Waals surface area (Å²) in [6.45, 7) is 0.153. The normalized spacial score (nSPS) is 9.76. The second-order valence-corrected chi connectivity index (χ2v) is 5.99. The number of nitriles is 1. The summed E-state index contributed by atoms with van der Waals surface area (Å²) in [7, 11) is 0. The Bertz CT molecular complexity index is 693. The maximum absolute atomic E-state index is 11.9. The van der Waals surface area contributed by atoms with Crippen molar-refractivity contribution in [2.75, 3.05) is 17.2 Å². The van der Waals surface area contributed by atoms with Crippen LogP contribution in [0.15, 0.2) is 51.4 Å². The van der Waals surface area contributed by atoms with Crippen molar-refractivity contribution in [3.63, 3.8) is 0 Å². The highest BCUT2D eigenvalue weighted by atomic mass is 79.9. The molecule has 0 heterocycles. The van der Waals surface area contributed by atoms with Crippen LogP contribution in [0.3, 0.4) is 0 Å². The molecule has 0 fully saturated rings. The maximum Gasteiger partial charge on any atom is 0.243 e. The summed E-state index contributed by atoms with van der Waals surface area (Å²) < 4.78 is 1.84. The molecule has 0 aliphatic carbocycles. The summed E-state index contributed by atoms with van der Waals surface area (Å²) in [6, 6.07) is 14.4. The molecule has 0 atom stereocenters. The SMILES string of the molecule is N#Cc1ccc(NC(=O)CNc2ccc(Br)cc2Br)cc1. The molecule has 0 unspecified atom stereocenters. The molecule has 0 radical (unpaired) electrons. The third kappa shape index (κ3) is 4.59. The van der Waals surface area contributed by atoms with Gasteiger partial charge in [0.2, 0.25) is 5.91 Å². The minimum absolute atomic E-state index is 0.153. The molecule has 6 heteroatoms. The Labute approximate surface area is 139 Å². The predicted octanol–water partition coefficient (Wildman–Crippen LogP) is 4.13. The lowest BCUT2D eigenvalue weighted by molar-refractivity contribution is -0.114. The third-order valence-electron chi connectivity index (χ3n) is 2.67. The average Bonchev–Trinajstić information content (AvgIpc) is 2.47. The average molecular weight is 409 g/mol. The molecule has 0 aliphatic heterocycles. The highest BCUT2D eigenvalue weighted by Crippen LogP contribution is 2.25. The van der Waals surface area contributed by atoms with Crippen LogP contribution >= 0.6 is 31.9 Å². The van der Waals surface area contributed by atoms with Gasteiger partial charge < -0.3 is 10.6 Å². The first-order valence-corrected chi connectivity index (χ1v) is 7.66. The molecule has 0 saturated heterocycles. The Morgan fingerprint density at radius 2 is 1.86 bits per heavy atom. The minimum Gasteiger partial charge on any atom is -0.375 e. The number of carbonyl (C=O) groups is 1. The third-order valence-corrected chi connectivity index (χ3v) is 3.82. The van der Waals surface area contributed by atoms with E-state index in [2.05, 4.69) is 42.5 Å². The van der Waals surface area contributed by atoms with E-state index >= 15 is 0 Å². The molecule has 2 aromatic rings. The van der Waals surface area contributed by atoms with E-state index in [1.165, 1.54) is 0 Å². The van der Waals surface area contributed by atoms with Crippen molar-refractivity contribution in [3.05, 3.63) is 57.0 Å². The topological polar surface area (TPSA) is 64.9 Å². The molecule has 0 aromatic heterocycles. The molecule has 106 valence electrons. The maximum atomic E-state index is 11.9. The number of halogens is 2. The van der Waals surface area contributed by atoms with Crippen LogP contribution in [0, 0.1) is 11.3 Å². The Morgan fingerprint density at radius 1 is 1.14 bits per heavy atom. The van der Waals surface area contributed by atoms with Crippen LogP contribution in [0.4, 0.5) is 11.4 Å². The zero-order chi connectivity index (χ0) is 15.2. The van der Waals surface area contributed by atoms with E-state index in [1.807, 2.05) is 24.3 Å². The van der Waals surface area contributed by atoms with Crippen LogP contribution in [-0.4, -0.2) is 12.5 Å². The van der Waals surface area contributed by atoms with Crippen LogP contribution in [-0.2, 0) is 4.79 Å². The summed E-state index contributed by atoms with van der Waals surface area (Å²) >= 11 is 6.80. The second-order valence-electron chi connectivity index (χ2n) is 4.22. The second kappa shape index (κ2) is 7.25. The molecular weight excluding hydrogens is 398 g/mol. The van der Waals surface area contributed by atoms with Gasteiger partial charge in [-0.15, -0.1) is 0 Å². The molecule has 1 amide bonds. The Kier molecular flexibility index (Phi) is 5.37. The fourth-order valence-electron chi connectivity index (χ4n) is 1.64. The summed E-state index contributed by atoms with van der Waals surface area (Å²) in [5.41, 5.74) is 2.06. The van der Waals surface area contributed by atoms with Crippen molar-refractivity contribution in [3.8, 4) is 6.07 Å². The van der Waals surface area contributed by atoms with E-state index in [0.717, 1.165) is 14.6 Å². The van der Waals surface area contributed by atoms with E-state index in [0.29, 0.717) is 11.3 Å². The van der Waals surface area contributed by atoms with Gasteiger partial charge in [0.1, 0.15) is 0 Å². The number of nitrogens with zero attached hydrogens (tertiary/aromatic N) is 1. The van der Waals surface area contributed by atoms with E-state index < -0.39 is 0 Å². The van der Waals surface area contributed by atoms with Crippen LogP contribution in [0.5, 0.6) is 0 Å². The standard InChI is InChI=1S/C15H11Br2N3O/c16-11-3-6-14(13(17)7-11)19-9-15(21)20-12-4-1-10(8-18)2-5-12/h1-7,19H,9H2,(H,20,21). The molecule has 2 aromatic carbocycles. The zero-order valence-corrected chi connectivity index (χ0v) is 14.0.